The summed E-state index contributed by atoms with van der Waals surface area (Å²) in [6, 6.07) is 29.1. The van der Waals surface area contributed by atoms with Gasteiger partial charge in [-0.15, -0.1) is 47.9 Å². The molecule has 4 aromatic carbocycles. The van der Waals surface area contributed by atoms with Crippen LogP contribution in [0.3, 0.4) is 0 Å². The first-order valence-electron chi connectivity index (χ1n) is 10.0. The van der Waals surface area contributed by atoms with Crippen LogP contribution in [0.1, 0.15) is 0 Å². The van der Waals surface area contributed by atoms with Gasteiger partial charge in [-0.25, -0.2) is 9.97 Å². The minimum atomic E-state index is 0.945. The van der Waals surface area contributed by atoms with E-state index in [4.69, 9.17) is 9.97 Å². The SMILES string of the molecule is Sc1ccccc1-c1nc2ccc(-c3ccc4nc(-c5ccccc5S)sc4c3)cc2s1. The van der Waals surface area contributed by atoms with Crippen LogP contribution in [0.2, 0.25) is 0 Å². The zero-order chi connectivity index (χ0) is 21.7. The minimum Gasteiger partial charge on any atom is -0.236 e. The van der Waals surface area contributed by atoms with Crippen molar-refractivity contribution in [1.29, 1.82) is 0 Å². The Hall–Kier alpha value is -2.64. The van der Waals surface area contributed by atoms with Gasteiger partial charge in [-0.2, -0.15) is 0 Å². The molecule has 0 fully saturated rings. The molecule has 0 atom stereocenters. The van der Waals surface area contributed by atoms with Crippen LogP contribution in [0, 0.1) is 0 Å². The number of hydrogen-bond acceptors (Lipinski definition) is 6. The van der Waals surface area contributed by atoms with Gasteiger partial charge in [0.1, 0.15) is 10.0 Å². The molecular weight excluding hydrogens is 469 g/mol. The molecule has 6 rings (SSSR count). The fourth-order valence-electron chi connectivity index (χ4n) is 3.75. The molecule has 2 aromatic heterocycles. The third kappa shape index (κ3) is 3.53. The van der Waals surface area contributed by atoms with Crippen molar-refractivity contribution in [1.82, 2.24) is 9.97 Å². The van der Waals surface area contributed by atoms with Crippen molar-refractivity contribution < 1.29 is 0 Å². The first-order valence-corrected chi connectivity index (χ1v) is 12.6. The first-order chi connectivity index (χ1) is 15.7. The van der Waals surface area contributed by atoms with Gasteiger partial charge >= 0.3 is 0 Å². The van der Waals surface area contributed by atoms with Crippen molar-refractivity contribution in [3.05, 3.63) is 84.9 Å². The van der Waals surface area contributed by atoms with Gasteiger partial charge in [-0.3, -0.25) is 0 Å². The molecule has 0 saturated heterocycles. The highest BCUT2D eigenvalue weighted by Crippen LogP contribution is 2.38. The zero-order valence-electron chi connectivity index (χ0n) is 16.7. The standard InChI is InChI=1S/C26H16N2S4/c29-21-7-3-1-5-17(21)25-27-19-11-9-15(13-23(19)31-25)16-10-12-20-24(14-16)32-26(28-20)18-6-2-4-8-22(18)30/h1-14,29-30H. The van der Waals surface area contributed by atoms with Gasteiger partial charge in [0.25, 0.3) is 0 Å². The number of aromatic nitrogens is 2. The summed E-state index contributed by atoms with van der Waals surface area (Å²) in [7, 11) is 0. The summed E-state index contributed by atoms with van der Waals surface area (Å²) in [6.45, 7) is 0. The van der Waals surface area contributed by atoms with Crippen LogP contribution in [-0.2, 0) is 0 Å². The summed E-state index contributed by atoms with van der Waals surface area (Å²) < 4.78 is 2.34. The molecule has 0 spiro atoms. The lowest BCUT2D eigenvalue weighted by Crippen LogP contribution is -1.79. The smallest absolute Gasteiger partial charge is 0.125 e. The van der Waals surface area contributed by atoms with Gasteiger partial charge in [-0.05, 0) is 47.5 Å². The van der Waals surface area contributed by atoms with Gasteiger partial charge in [0.15, 0.2) is 0 Å². The highest BCUT2D eigenvalue weighted by Gasteiger charge is 2.12. The number of thiazole rings is 2. The van der Waals surface area contributed by atoms with Crippen molar-refractivity contribution in [2.75, 3.05) is 0 Å². The van der Waals surface area contributed by atoms with E-state index < -0.39 is 0 Å². The van der Waals surface area contributed by atoms with Crippen LogP contribution >= 0.6 is 47.9 Å². The van der Waals surface area contributed by atoms with E-state index in [2.05, 4.69) is 73.8 Å². The Morgan fingerprint density at radius 3 is 1.41 bits per heavy atom. The number of rotatable bonds is 3. The third-order valence-corrected chi connectivity index (χ3v) is 8.26. The monoisotopic (exact) mass is 484 g/mol. The Bertz CT molecular complexity index is 1490. The second kappa shape index (κ2) is 8.05. The van der Waals surface area contributed by atoms with Crippen molar-refractivity contribution in [2.24, 2.45) is 0 Å². The third-order valence-electron chi connectivity index (χ3n) is 5.38. The molecule has 0 bridgehead atoms. The Labute approximate surface area is 204 Å². The fraction of sp³-hybridized carbons (Fsp3) is 0. The van der Waals surface area contributed by atoms with Gasteiger partial charge < -0.3 is 0 Å². The van der Waals surface area contributed by atoms with E-state index in [0.717, 1.165) is 42.0 Å². The molecule has 32 heavy (non-hydrogen) atoms. The lowest BCUT2D eigenvalue weighted by molar-refractivity contribution is 1.40. The molecule has 0 amide bonds. The van der Waals surface area contributed by atoms with Gasteiger partial charge in [0.05, 0.1) is 20.4 Å². The summed E-state index contributed by atoms with van der Waals surface area (Å²) in [5.41, 5.74) is 6.52. The van der Waals surface area contributed by atoms with Gasteiger partial charge in [-0.1, -0.05) is 48.5 Å². The Morgan fingerprint density at radius 1 is 0.531 bits per heavy atom. The molecule has 0 aliphatic heterocycles. The van der Waals surface area contributed by atoms with Crippen LogP contribution < -0.4 is 0 Å². The van der Waals surface area contributed by atoms with E-state index in [-0.39, 0.29) is 0 Å². The second-order valence-electron chi connectivity index (χ2n) is 7.44. The van der Waals surface area contributed by atoms with E-state index in [1.807, 2.05) is 36.4 Å². The summed E-state index contributed by atoms with van der Waals surface area (Å²) in [5, 5.41) is 1.99. The maximum Gasteiger partial charge on any atom is 0.125 e. The van der Waals surface area contributed by atoms with Crippen LogP contribution in [0.4, 0.5) is 0 Å². The molecule has 0 unspecified atom stereocenters. The summed E-state index contributed by atoms with van der Waals surface area (Å²) in [6.07, 6.45) is 0. The Balaban J connectivity index is 1.41. The van der Waals surface area contributed by atoms with Crippen LogP contribution in [0.15, 0.2) is 94.7 Å². The lowest BCUT2D eigenvalue weighted by atomic mass is 10.1. The van der Waals surface area contributed by atoms with E-state index in [1.165, 1.54) is 20.5 Å². The molecule has 0 saturated carbocycles. The molecule has 154 valence electrons. The lowest BCUT2D eigenvalue weighted by Gasteiger charge is -2.01. The molecular formula is C26H16N2S4. The highest BCUT2D eigenvalue weighted by molar-refractivity contribution is 7.80. The van der Waals surface area contributed by atoms with Crippen molar-refractivity contribution in [2.45, 2.75) is 9.79 Å². The average molecular weight is 485 g/mol. The Morgan fingerprint density at radius 2 is 0.969 bits per heavy atom. The number of nitrogens with zero attached hydrogens (tertiary/aromatic N) is 2. The minimum absolute atomic E-state index is 0.945. The number of thiol groups is 2. The van der Waals surface area contributed by atoms with E-state index in [0.29, 0.717) is 0 Å². The predicted molar refractivity (Wildman–Crippen MR) is 144 cm³/mol. The fourth-order valence-corrected chi connectivity index (χ4v) is 6.52. The van der Waals surface area contributed by atoms with Crippen molar-refractivity contribution in [3.8, 4) is 32.3 Å². The van der Waals surface area contributed by atoms with Crippen LogP contribution in [0.25, 0.3) is 52.7 Å². The number of fused-ring (bicyclic) bond motifs is 2. The number of benzene rings is 4. The topological polar surface area (TPSA) is 25.8 Å². The van der Waals surface area contributed by atoms with Crippen molar-refractivity contribution >= 4 is 68.4 Å². The van der Waals surface area contributed by atoms with E-state index >= 15 is 0 Å². The van der Waals surface area contributed by atoms with E-state index in [1.54, 1.807) is 22.7 Å². The van der Waals surface area contributed by atoms with E-state index in [9.17, 15) is 0 Å². The second-order valence-corrected chi connectivity index (χ2v) is 10.5. The highest BCUT2D eigenvalue weighted by atomic mass is 32.1. The molecule has 2 heterocycles. The van der Waals surface area contributed by atoms with Gasteiger partial charge in [0.2, 0.25) is 0 Å². The molecule has 0 aliphatic carbocycles. The normalized spacial score (nSPS) is 11.4. The molecule has 2 nitrogen and oxygen atoms in total. The molecule has 0 radical (unpaired) electrons. The maximum atomic E-state index is 4.83. The summed E-state index contributed by atoms with van der Waals surface area (Å²) >= 11 is 12.6. The van der Waals surface area contributed by atoms with Crippen LogP contribution in [-0.4, -0.2) is 9.97 Å². The molecule has 6 heteroatoms. The number of hydrogen-bond donors (Lipinski definition) is 2. The quantitative estimate of drug-likeness (QED) is 0.246. The van der Waals surface area contributed by atoms with Gasteiger partial charge in [0, 0.05) is 20.9 Å². The van der Waals surface area contributed by atoms with Crippen LogP contribution in [0.5, 0.6) is 0 Å². The predicted octanol–water partition coefficient (Wildman–Crippen LogP) is 8.48. The summed E-state index contributed by atoms with van der Waals surface area (Å²) in [5.74, 6) is 0. The molecule has 0 N–H and O–H groups in total. The molecule has 6 aromatic rings. The zero-order valence-corrected chi connectivity index (χ0v) is 20.1. The summed E-state index contributed by atoms with van der Waals surface area (Å²) in [4.78, 5) is 11.5. The Kier molecular flexibility index (Phi) is 5.03. The largest absolute Gasteiger partial charge is 0.236 e. The van der Waals surface area contributed by atoms with Crippen molar-refractivity contribution in [3.63, 3.8) is 0 Å². The first kappa shape index (κ1) is 20.0. The molecule has 0 aliphatic rings. The average Bonchev–Trinajstić information content (AvgIpc) is 3.42. The maximum absolute atomic E-state index is 4.83.